The summed E-state index contributed by atoms with van der Waals surface area (Å²) in [4.78, 5) is 0. The molecular formula is C14H17BFNO2. The maximum atomic E-state index is 13.5. The molecule has 1 aliphatic rings. The van der Waals surface area contributed by atoms with E-state index in [4.69, 9.17) is 14.6 Å². The summed E-state index contributed by atoms with van der Waals surface area (Å²) < 4.78 is 25.2. The zero-order valence-corrected chi connectivity index (χ0v) is 11.7. The molecule has 0 bridgehead atoms. The molecule has 1 aromatic rings. The monoisotopic (exact) mass is 261 g/mol. The minimum Gasteiger partial charge on any atom is -0.403 e. The normalized spacial score (nSPS) is 20.3. The lowest BCUT2D eigenvalue weighted by Gasteiger charge is -2.32. The van der Waals surface area contributed by atoms with E-state index in [-0.39, 0.29) is 16.8 Å². The minimum absolute atomic E-state index is 0.0534. The Morgan fingerprint density at radius 1 is 1.21 bits per heavy atom. The molecule has 0 spiro atoms. The summed E-state index contributed by atoms with van der Waals surface area (Å²) >= 11 is 0. The molecule has 1 saturated heterocycles. The number of rotatable bonds is 2. The van der Waals surface area contributed by atoms with E-state index in [0.29, 0.717) is 6.32 Å². The van der Waals surface area contributed by atoms with Crippen molar-refractivity contribution in [3.8, 4) is 6.07 Å². The molecule has 0 amide bonds. The Morgan fingerprint density at radius 3 is 2.26 bits per heavy atom. The third kappa shape index (κ3) is 2.65. The second-order valence-electron chi connectivity index (χ2n) is 5.82. The van der Waals surface area contributed by atoms with Crippen molar-refractivity contribution in [1.29, 1.82) is 5.26 Å². The summed E-state index contributed by atoms with van der Waals surface area (Å²) in [5.74, 6) is -0.503. The minimum atomic E-state index is -0.503. The maximum absolute atomic E-state index is 13.5. The second-order valence-corrected chi connectivity index (χ2v) is 5.82. The molecule has 0 atom stereocenters. The summed E-state index contributed by atoms with van der Waals surface area (Å²) in [6, 6.07) is 6.38. The van der Waals surface area contributed by atoms with E-state index < -0.39 is 12.9 Å². The molecule has 1 aliphatic heterocycles. The molecule has 1 fully saturated rings. The Hall–Kier alpha value is -1.38. The molecule has 0 aliphatic carbocycles. The average molecular weight is 261 g/mol. The summed E-state index contributed by atoms with van der Waals surface area (Å²) in [7, 11) is -0.391. The van der Waals surface area contributed by atoms with Gasteiger partial charge in [0.2, 0.25) is 0 Å². The number of hydrogen-bond acceptors (Lipinski definition) is 3. The van der Waals surface area contributed by atoms with Crippen LogP contribution in [0.4, 0.5) is 4.39 Å². The van der Waals surface area contributed by atoms with E-state index in [1.54, 1.807) is 12.1 Å². The van der Waals surface area contributed by atoms with Gasteiger partial charge in [-0.3, -0.25) is 0 Å². The van der Waals surface area contributed by atoms with Gasteiger partial charge >= 0.3 is 7.12 Å². The van der Waals surface area contributed by atoms with Gasteiger partial charge in [0.15, 0.2) is 0 Å². The van der Waals surface area contributed by atoms with Gasteiger partial charge < -0.3 is 9.31 Å². The molecule has 0 aromatic heterocycles. The van der Waals surface area contributed by atoms with Crippen LogP contribution >= 0.6 is 0 Å². The first-order valence-electron chi connectivity index (χ1n) is 6.29. The molecular weight excluding hydrogens is 244 g/mol. The zero-order valence-electron chi connectivity index (χ0n) is 11.7. The highest BCUT2D eigenvalue weighted by atomic mass is 19.1. The van der Waals surface area contributed by atoms with E-state index in [1.807, 2.05) is 27.7 Å². The van der Waals surface area contributed by atoms with Crippen LogP contribution in [0.15, 0.2) is 18.2 Å². The van der Waals surface area contributed by atoms with Gasteiger partial charge in [0.05, 0.1) is 16.8 Å². The van der Waals surface area contributed by atoms with Gasteiger partial charge in [0.25, 0.3) is 0 Å². The Labute approximate surface area is 113 Å². The summed E-state index contributed by atoms with van der Waals surface area (Å²) in [6.45, 7) is 7.91. The van der Waals surface area contributed by atoms with Gasteiger partial charge in [0.1, 0.15) is 11.9 Å². The maximum Gasteiger partial charge on any atom is 0.462 e. The van der Waals surface area contributed by atoms with E-state index in [0.717, 1.165) is 5.56 Å². The third-order valence-electron chi connectivity index (χ3n) is 3.86. The lowest BCUT2D eigenvalue weighted by atomic mass is 9.80. The molecule has 0 N–H and O–H groups in total. The fourth-order valence-electron chi connectivity index (χ4n) is 2.02. The average Bonchev–Trinajstić information content (AvgIpc) is 2.47. The van der Waals surface area contributed by atoms with Crippen LogP contribution < -0.4 is 0 Å². The lowest BCUT2D eigenvalue weighted by molar-refractivity contribution is 0.00578. The Balaban J connectivity index is 2.12. The largest absolute Gasteiger partial charge is 0.462 e. The van der Waals surface area contributed by atoms with Gasteiger partial charge in [-0.05, 0) is 45.4 Å². The van der Waals surface area contributed by atoms with Crippen molar-refractivity contribution in [2.75, 3.05) is 0 Å². The third-order valence-corrected chi connectivity index (χ3v) is 3.86. The molecule has 3 nitrogen and oxygen atoms in total. The lowest BCUT2D eigenvalue weighted by Crippen LogP contribution is -2.41. The topological polar surface area (TPSA) is 42.2 Å². The molecule has 0 unspecified atom stereocenters. The number of hydrogen-bond donors (Lipinski definition) is 0. The number of nitrogens with zero attached hydrogens (tertiary/aromatic N) is 1. The van der Waals surface area contributed by atoms with E-state index in [1.165, 1.54) is 12.1 Å². The van der Waals surface area contributed by atoms with Crippen LogP contribution in [-0.4, -0.2) is 18.3 Å². The first-order chi connectivity index (χ1) is 8.75. The highest BCUT2D eigenvalue weighted by Gasteiger charge is 2.50. The van der Waals surface area contributed by atoms with Crippen molar-refractivity contribution < 1.29 is 13.7 Å². The zero-order chi connectivity index (χ0) is 14.3. The van der Waals surface area contributed by atoms with Crippen molar-refractivity contribution in [2.45, 2.75) is 45.2 Å². The standard InChI is InChI=1S/C14H17BFNO2/c1-13(2)14(3,4)19-15(18-13)8-10-5-6-11(9-17)12(16)7-10/h5-7H,8H2,1-4H3. The van der Waals surface area contributed by atoms with Crippen molar-refractivity contribution >= 4 is 7.12 Å². The molecule has 19 heavy (non-hydrogen) atoms. The van der Waals surface area contributed by atoms with Crippen molar-refractivity contribution in [1.82, 2.24) is 0 Å². The van der Waals surface area contributed by atoms with E-state index in [2.05, 4.69) is 0 Å². The highest BCUT2D eigenvalue weighted by Crippen LogP contribution is 2.37. The van der Waals surface area contributed by atoms with Gasteiger partial charge in [-0.15, -0.1) is 0 Å². The second kappa shape index (κ2) is 4.62. The van der Waals surface area contributed by atoms with Crippen LogP contribution in [0.3, 0.4) is 0 Å². The van der Waals surface area contributed by atoms with Gasteiger partial charge in [-0.1, -0.05) is 6.07 Å². The first-order valence-corrected chi connectivity index (χ1v) is 6.29. The summed E-state index contributed by atoms with van der Waals surface area (Å²) in [5, 5.41) is 8.69. The van der Waals surface area contributed by atoms with Gasteiger partial charge in [-0.25, -0.2) is 4.39 Å². The van der Waals surface area contributed by atoms with E-state index >= 15 is 0 Å². The molecule has 0 radical (unpaired) electrons. The first kappa shape index (κ1) is 14.0. The smallest absolute Gasteiger partial charge is 0.403 e. The van der Waals surface area contributed by atoms with Crippen LogP contribution in [0, 0.1) is 17.1 Å². The molecule has 1 aromatic carbocycles. The molecule has 2 rings (SSSR count). The SMILES string of the molecule is CC1(C)OB(Cc2ccc(C#N)c(F)c2)OC1(C)C. The number of nitriles is 1. The predicted octanol–water partition coefficient (Wildman–Crippen LogP) is 2.87. The van der Waals surface area contributed by atoms with Gasteiger partial charge in [-0.2, -0.15) is 5.26 Å². The molecule has 1 heterocycles. The number of benzene rings is 1. The van der Waals surface area contributed by atoms with Crippen LogP contribution in [0.1, 0.15) is 38.8 Å². The van der Waals surface area contributed by atoms with Crippen LogP contribution in [0.2, 0.25) is 0 Å². The van der Waals surface area contributed by atoms with Crippen LogP contribution in [0.5, 0.6) is 0 Å². The van der Waals surface area contributed by atoms with E-state index in [9.17, 15) is 4.39 Å². The quantitative estimate of drug-likeness (QED) is 0.769. The fraction of sp³-hybridized carbons (Fsp3) is 0.500. The summed E-state index contributed by atoms with van der Waals surface area (Å²) in [5.41, 5.74) is 0.0404. The Morgan fingerprint density at radius 2 is 1.79 bits per heavy atom. The predicted molar refractivity (Wildman–Crippen MR) is 70.9 cm³/mol. The Bertz CT molecular complexity index is 521. The fourth-order valence-corrected chi connectivity index (χ4v) is 2.02. The highest BCUT2D eigenvalue weighted by molar-refractivity contribution is 6.45. The Kier molecular flexibility index (Phi) is 3.42. The van der Waals surface area contributed by atoms with Crippen molar-refractivity contribution in [2.24, 2.45) is 0 Å². The summed E-state index contributed by atoms with van der Waals surface area (Å²) in [6.07, 6.45) is 0.468. The van der Waals surface area contributed by atoms with Crippen molar-refractivity contribution in [3.63, 3.8) is 0 Å². The molecule has 100 valence electrons. The molecule has 5 heteroatoms. The van der Waals surface area contributed by atoms with Gasteiger partial charge in [0, 0.05) is 6.32 Å². The number of halogens is 1. The molecule has 0 saturated carbocycles. The van der Waals surface area contributed by atoms with Crippen LogP contribution in [-0.2, 0) is 15.6 Å². The van der Waals surface area contributed by atoms with Crippen LogP contribution in [0.25, 0.3) is 0 Å². The van der Waals surface area contributed by atoms with Crippen molar-refractivity contribution in [3.05, 3.63) is 35.1 Å².